The molecule has 0 bridgehead atoms. The summed E-state index contributed by atoms with van der Waals surface area (Å²) in [4.78, 5) is 0. The molecule has 20 heavy (non-hydrogen) atoms. The minimum absolute atomic E-state index is 0. The fourth-order valence-corrected chi connectivity index (χ4v) is 3.35. The van der Waals surface area contributed by atoms with Gasteiger partial charge >= 0.3 is 0 Å². The molecule has 1 unspecified atom stereocenters. The van der Waals surface area contributed by atoms with Crippen LogP contribution in [-0.2, 0) is 34.4 Å². The first-order valence-corrected chi connectivity index (χ1v) is 7.97. The van der Waals surface area contributed by atoms with E-state index in [1.54, 1.807) is 6.92 Å². The number of hydrogen-bond acceptors (Lipinski definition) is 4. The molecule has 1 atom stereocenters. The van der Waals surface area contributed by atoms with Crippen molar-refractivity contribution in [2.24, 2.45) is 0 Å². The molecule has 0 saturated carbocycles. The van der Waals surface area contributed by atoms with Crippen molar-refractivity contribution in [1.29, 1.82) is 0 Å². The lowest BCUT2D eigenvalue weighted by molar-refractivity contribution is 0.136. The van der Waals surface area contributed by atoms with Crippen molar-refractivity contribution in [2.45, 2.75) is 32.7 Å². The standard InChI is InChI=1S/C13H20N2O3S.ClH/c1-10(18-2)9-19(16,17)15-6-11-3-4-12-7-14-8-13(12)5-11;/h3-5,10,14-15H,6-9H2,1-2H3;1H. The predicted octanol–water partition coefficient (Wildman–Crippen LogP) is 1.17. The third-order valence-corrected chi connectivity index (χ3v) is 4.75. The third-order valence-electron chi connectivity index (χ3n) is 3.25. The van der Waals surface area contributed by atoms with E-state index >= 15 is 0 Å². The summed E-state index contributed by atoms with van der Waals surface area (Å²) in [5, 5.41) is 3.27. The van der Waals surface area contributed by atoms with Crippen LogP contribution in [0.15, 0.2) is 18.2 Å². The molecule has 0 aromatic heterocycles. The number of methoxy groups -OCH3 is 1. The predicted molar refractivity (Wildman–Crippen MR) is 81.3 cm³/mol. The number of ether oxygens (including phenoxy) is 1. The average Bonchev–Trinajstić information content (AvgIpc) is 2.83. The van der Waals surface area contributed by atoms with Gasteiger partial charge in [0.2, 0.25) is 10.0 Å². The van der Waals surface area contributed by atoms with Gasteiger partial charge in [-0.05, 0) is 23.6 Å². The number of fused-ring (bicyclic) bond motifs is 1. The van der Waals surface area contributed by atoms with Gasteiger partial charge < -0.3 is 10.1 Å². The highest BCUT2D eigenvalue weighted by atomic mass is 35.5. The Labute approximate surface area is 126 Å². The van der Waals surface area contributed by atoms with Gasteiger partial charge in [-0.2, -0.15) is 0 Å². The van der Waals surface area contributed by atoms with Crippen LogP contribution in [-0.4, -0.2) is 27.4 Å². The highest BCUT2D eigenvalue weighted by Gasteiger charge is 2.15. The number of rotatable bonds is 6. The molecule has 2 N–H and O–H groups in total. The first kappa shape index (κ1) is 17.4. The topological polar surface area (TPSA) is 67.4 Å². The summed E-state index contributed by atoms with van der Waals surface area (Å²) in [6.07, 6.45) is -0.304. The SMILES string of the molecule is COC(C)CS(=O)(=O)NCc1ccc2c(c1)CNC2.Cl. The molecule has 0 aliphatic carbocycles. The van der Waals surface area contributed by atoms with E-state index in [1.165, 1.54) is 18.2 Å². The second-order valence-electron chi connectivity index (χ2n) is 4.86. The molecule has 0 radical (unpaired) electrons. The van der Waals surface area contributed by atoms with Crippen LogP contribution < -0.4 is 10.0 Å². The minimum Gasteiger partial charge on any atom is -0.381 e. The van der Waals surface area contributed by atoms with E-state index in [9.17, 15) is 8.42 Å². The van der Waals surface area contributed by atoms with Crippen molar-refractivity contribution >= 4 is 22.4 Å². The molecule has 1 aliphatic rings. The molecule has 1 aromatic carbocycles. The summed E-state index contributed by atoms with van der Waals surface area (Å²) in [5.41, 5.74) is 3.53. The van der Waals surface area contributed by atoms with E-state index < -0.39 is 10.0 Å². The van der Waals surface area contributed by atoms with Gasteiger partial charge in [-0.15, -0.1) is 12.4 Å². The molecule has 1 heterocycles. The highest BCUT2D eigenvalue weighted by Crippen LogP contribution is 2.17. The van der Waals surface area contributed by atoms with E-state index in [-0.39, 0.29) is 24.3 Å². The summed E-state index contributed by atoms with van der Waals surface area (Å²) in [5.74, 6) is -0.0179. The van der Waals surface area contributed by atoms with Crippen LogP contribution in [0.4, 0.5) is 0 Å². The average molecular weight is 321 g/mol. The van der Waals surface area contributed by atoms with Gasteiger partial charge in [0.15, 0.2) is 0 Å². The highest BCUT2D eigenvalue weighted by molar-refractivity contribution is 7.89. The lowest BCUT2D eigenvalue weighted by Gasteiger charge is -2.11. The molecule has 0 fully saturated rings. The van der Waals surface area contributed by atoms with Crippen LogP contribution in [0.5, 0.6) is 0 Å². The Balaban J connectivity index is 0.00000200. The Hall–Kier alpha value is -0.660. The molecule has 1 aliphatic heterocycles. The summed E-state index contributed by atoms with van der Waals surface area (Å²) in [6.45, 7) is 3.82. The second kappa shape index (κ2) is 7.38. The summed E-state index contributed by atoms with van der Waals surface area (Å²) in [6, 6.07) is 6.07. The van der Waals surface area contributed by atoms with Crippen LogP contribution in [0, 0.1) is 0 Å². The van der Waals surface area contributed by atoms with Crippen LogP contribution >= 0.6 is 12.4 Å². The maximum Gasteiger partial charge on any atom is 0.214 e. The van der Waals surface area contributed by atoms with Crippen molar-refractivity contribution in [1.82, 2.24) is 10.0 Å². The van der Waals surface area contributed by atoms with Crippen LogP contribution in [0.1, 0.15) is 23.6 Å². The van der Waals surface area contributed by atoms with Gasteiger partial charge in [-0.1, -0.05) is 18.2 Å². The molecule has 0 saturated heterocycles. The van der Waals surface area contributed by atoms with Crippen molar-refractivity contribution in [3.63, 3.8) is 0 Å². The molecular weight excluding hydrogens is 300 g/mol. The maximum absolute atomic E-state index is 11.8. The van der Waals surface area contributed by atoms with E-state index in [0.717, 1.165) is 18.7 Å². The first-order chi connectivity index (χ1) is 9.00. The fourth-order valence-electron chi connectivity index (χ4n) is 2.09. The van der Waals surface area contributed by atoms with Gasteiger partial charge in [0.1, 0.15) is 0 Å². The summed E-state index contributed by atoms with van der Waals surface area (Å²) >= 11 is 0. The maximum atomic E-state index is 11.8. The van der Waals surface area contributed by atoms with Crippen LogP contribution in [0.3, 0.4) is 0 Å². The van der Waals surface area contributed by atoms with Gasteiger partial charge in [0, 0.05) is 26.7 Å². The normalized spacial score (nSPS) is 15.5. The second-order valence-corrected chi connectivity index (χ2v) is 6.71. The molecule has 1 aromatic rings. The number of sulfonamides is 1. The molecular formula is C13H21ClN2O3S. The van der Waals surface area contributed by atoms with Crippen molar-refractivity contribution in [3.05, 3.63) is 34.9 Å². The van der Waals surface area contributed by atoms with Crippen molar-refractivity contribution in [3.8, 4) is 0 Å². The summed E-state index contributed by atoms with van der Waals surface area (Å²) < 4.78 is 31.2. The molecule has 114 valence electrons. The molecule has 7 heteroatoms. The van der Waals surface area contributed by atoms with Gasteiger partial charge in [0.05, 0.1) is 11.9 Å². The van der Waals surface area contributed by atoms with E-state index in [2.05, 4.69) is 22.2 Å². The number of hydrogen-bond donors (Lipinski definition) is 2. The van der Waals surface area contributed by atoms with Crippen LogP contribution in [0.2, 0.25) is 0 Å². The van der Waals surface area contributed by atoms with Crippen LogP contribution in [0.25, 0.3) is 0 Å². The fraction of sp³-hybridized carbons (Fsp3) is 0.538. The number of nitrogens with one attached hydrogen (secondary N) is 2. The quantitative estimate of drug-likeness (QED) is 0.825. The van der Waals surface area contributed by atoms with Gasteiger partial charge in [-0.3, -0.25) is 0 Å². The molecule has 2 rings (SSSR count). The first-order valence-electron chi connectivity index (χ1n) is 6.32. The van der Waals surface area contributed by atoms with Crippen molar-refractivity contribution < 1.29 is 13.2 Å². The zero-order chi connectivity index (χ0) is 13.9. The van der Waals surface area contributed by atoms with E-state index in [0.29, 0.717) is 6.54 Å². The third kappa shape index (κ3) is 4.71. The van der Waals surface area contributed by atoms with E-state index in [1.807, 2.05) is 6.07 Å². The monoisotopic (exact) mass is 320 g/mol. The molecule has 0 amide bonds. The van der Waals surface area contributed by atoms with Crippen molar-refractivity contribution in [2.75, 3.05) is 12.9 Å². The Bertz CT molecular complexity index is 549. The molecule has 5 nitrogen and oxygen atoms in total. The Kier molecular flexibility index (Phi) is 6.42. The Morgan fingerprint density at radius 1 is 1.35 bits per heavy atom. The number of benzene rings is 1. The van der Waals surface area contributed by atoms with Gasteiger partial charge in [-0.25, -0.2) is 13.1 Å². The zero-order valence-electron chi connectivity index (χ0n) is 11.7. The molecule has 0 spiro atoms. The summed E-state index contributed by atoms with van der Waals surface area (Å²) in [7, 11) is -1.79. The van der Waals surface area contributed by atoms with E-state index in [4.69, 9.17) is 4.74 Å². The number of halogens is 1. The zero-order valence-corrected chi connectivity index (χ0v) is 13.3. The lowest BCUT2D eigenvalue weighted by Crippen LogP contribution is -2.31. The van der Waals surface area contributed by atoms with Gasteiger partial charge in [0.25, 0.3) is 0 Å². The minimum atomic E-state index is -3.30. The Morgan fingerprint density at radius 2 is 2.05 bits per heavy atom. The largest absolute Gasteiger partial charge is 0.381 e. The smallest absolute Gasteiger partial charge is 0.214 e. The Morgan fingerprint density at radius 3 is 2.75 bits per heavy atom. The lowest BCUT2D eigenvalue weighted by atomic mass is 10.1.